The molecule has 0 saturated carbocycles. The number of carbonyl (C=O) groups is 2. The number of esters is 1. The molecule has 17 heavy (non-hydrogen) atoms. The second-order valence-corrected chi connectivity index (χ2v) is 3.94. The highest BCUT2D eigenvalue weighted by atomic mass is 16.5. The fourth-order valence-corrected chi connectivity index (χ4v) is 1.56. The van der Waals surface area contributed by atoms with Crippen molar-refractivity contribution in [3.63, 3.8) is 0 Å². The van der Waals surface area contributed by atoms with E-state index in [1.807, 2.05) is 0 Å². The van der Waals surface area contributed by atoms with E-state index in [2.05, 4.69) is 6.92 Å². The summed E-state index contributed by atoms with van der Waals surface area (Å²) in [5.41, 5.74) is 0.782. The zero-order valence-corrected chi connectivity index (χ0v) is 10.4. The second-order valence-electron chi connectivity index (χ2n) is 3.94. The first-order chi connectivity index (χ1) is 8.16. The first-order valence-electron chi connectivity index (χ1n) is 5.94. The predicted octanol–water partition coefficient (Wildman–Crippen LogP) is 3.24. The molecule has 0 aliphatic rings. The molecule has 3 nitrogen and oxygen atoms in total. The zero-order valence-electron chi connectivity index (χ0n) is 10.4. The van der Waals surface area contributed by atoms with Gasteiger partial charge in [-0.3, -0.25) is 4.79 Å². The van der Waals surface area contributed by atoms with Crippen molar-refractivity contribution in [2.45, 2.75) is 33.1 Å². The highest BCUT2D eigenvalue weighted by molar-refractivity contribution is 6.05. The number of benzene rings is 1. The van der Waals surface area contributed by atoms with Gasteiger partial charge in [0.25, 0.3) is 0 Å². The Morgan fingerprint density at radius 1 is 1.12 bits per heavy atom. The molecule has 0 bridgehead atoms. The Balaban J connectivity index is 2.65. The van der Waals surface area contributed by atoms with Crippen LogP contribution in [-0.2, 0) is 4.74 Å². The van der Waals surface area contributed by atoms with Crippen LogP contribution in [0.5, 0.6) is 0 Å². The van der Waals surface area contributed by atoms with E-state index in [-0.39, 0.29) is 5.78 Å². The molecule has 1 aromatic carbocycles. The minimum absolute atomic E-state index is 0.119. The number of ether oxygens (including phenoxy) is 1. The molecule has 1 aromatic rings. The van der Waals surface area contributed by atoms with Crippen molar-refractivity contribution >= 4 is 11.8 Å². The van der Waals surface area contributed by atoms with Gasteiger partial charge in [0, 0.05) is 5.56 Å². The van der Waals surface area contributed by atoms with Gasteiger partial charge in [-0.2, -0.15) is 0 Å². The molecule has 3 heteroatoms. The van der Waals surface area contributed by atoms with Crippen molar-refractivity contribution in [3.05, 3.63) is 35.4 Å². The van der Waals surface area contributed by atoms with Gasteiger partial charge in [0.1, 0.15) is 0 Å². The van der Waals surface area contributed by atoms with E-state index >= 15 is 0 Å². The first-order valence-corrected chi connectivity index (χ1v) is 5.94. The predicted molar refractivity (Wildman–Crippen MR) is 66.3 cm³/mol. The summed E-state index contributed by atoms with van der Waals surface area (Å²) in [5, 5.41) is 0. The number of hydrogen-bond acceptors (Lipinski definition) is 3. The maximum atomic E-state index is 11.8. The molecule has 0 radical (unpaired) electrons. The highest BCUT2D eigenvalue weighted by Gasteiger charge is 2.14. The molecule has 0 aliphatic heterocycles. The summed E-state index contributed by atoms with van der Waals surface area (Å²) in [5.74, 6) is -0.530. The van der Waals surface area contributed by atoms with E-state index in [1.165, 1.54) is 6.92 Å². The normalized spacial score (nSPS) is 10.0. The van der Waals surface area contributed by atoms with Gasteiger partial charge in [-0.15, -0.1) is 0 Å². The van der Waals surface area contributed by atoms with E-state index in [9.17, 15) is 9.59 Å². The molecule has 92 valence electrons. The molecular formula is C14H18O3. The van der Waals surface area contributed by atoms with Crippen LogP contribution in [0, 0.1) is 0 Å². The quantitative estimate of drug-likeness (QED) is 0.431. The largest absolute Gasteiger partial charge is 0.462 e. The van der Waals surface area contributed by atoms with E-state index in [0.29, 0.717) is 17.7 Å². The lowest BCUT2D eigenvalue weighted by Gasteiger charge is -2.07. The fraction of sp³-hybridized carbons (Fsp3) is 0.429. The molecule has 0 N–H and O–H groups in total. The van der Waals surface area contributed by atoms with Gasteiger partial charge >= 0.3 is 5.97 Å². The van der Waals surface area contributed by atoms with Crippen LogP contribution < -0.4 is 0 Å². The summed E-state index contributed by atoms with van der Waals surface area (Å²) in [7, 11) is 0. The average Bonchev–Trinajstić information content (AvgIpc) is 2.34. The topological polar surface area (TPSA) is 43.4 Å². The monoisotopic (exact) mass is 234 g/mol. The second kappa shape index (κ2) is 6.84. The molecule has 0 aliphatic carbocycles. The van der Waals surface area contributed by atoms with Crippen molar-refractivity contribution < 1.29 is 14.3 Å². The van der Waals surface area contributed by atoms with Crippen LogP contribution in [0.3, 0.4) is 0 Å². The SMILES string of the molecule is CCCCCOC(=O)c1ccccc1C(C)=O. The van der Waals surface area contributed by atoms with Crippen molar-refractivity contribution in [2.75, 3.05) is 6.61 Å². The Morgan fingerprint density at radius 3 is 2.35 bits per heavy atom. The van der Waals surface area contributed by atoms with Gasteiger partial charge in [0.05, 0.1) is 12.2 Å². The lowest BCUT2D eigenvalue weighted by atomic mass is 10.0. The van der Waals surface area contributed by atoms with E-state index in [0.717, 1.165) is 19.3 Å². The number of rotatable bonds is 6. The molecule has 0 amide bonds. The molecule has 1 rings (SSSR count). The maximum absolute atomic E-state index is 11.8. The Labute approximate surface area is 102 Å². The zero-order chi connectivity index (χ0) is 12.7. The fourth-order valence-electron chi connectivity index (χ4n) is 1.56. The van der Waals surface area contributed by atoms with Crippen LogP contribution in [0.1, 0.15) is 53.8 Å². The summed E-state index contributed by atoms with van der Waals surface area (Å²) >= 11 is 0. The van der Waals surface area contributed by atoms with E-state index < -0.39 is 5.97 Å². The molecule has 0 unspecified atom stereocenters. The van der Waals surface area contributed by atoms with Crippen molar-refractivity contribution in [3.8, 4) is 0 Å². The standard InChI is InChI=1S/C14H18O3/c1-3-4-7-10-17-14(16)13-9-6-5-8-12(13)11(2)15/h5-6,8-9H,3-4,7,10H2,1-2H3. The first kappa shape index (κ1) is 13.4. The third-order valence-electron chi connectivity index (χ3n) is 2.51. The minimum atomic E-state index is -0.410. The highest BCUT2D eigenvalue weighted by Crippen LogP contribution is 2.11. The maximum Gasteiger partial charge on any atom is 0.338 e. The molecule has 0 saturated heterocycles. The van der Waals surface area contributed by atoms with Gasteiger partial charge in [0.2, 0.25) is 0 Å². The summed E-state index contributed by atoms with van der Waals surface area (Å²) in [4.78, 5) is 23.1. The molecule has 0 spiro atoms. The van der Waals surface area contributed by atoms with Crippen LogP contribution in [0.15, 0.2) is 24.3 Å². The van der Waals surface area contributed by atoms with Crippen LogP contribution >= 0.6 is 0 Å². The molecule has 0 atom stereocenters. The lowest BCUT2D eigenvalue weighted by molar-refractivity contribution is 0.0495. The average molecular weight is 234 g/mol. The summed E-state index contributed by atoms with van der Waals surface area (Å²) in [6.45, 7) is 3.95. The van der Waals surface area contributed by atoms with Gasteiger partial charge in [0.15, 0.2) is 5.78 Å². The van der Waals surface area contributed by atoms with Crippen LogP contribution in [0.4, 0.5) is 0 Å². The van der Waals surface area contributed by atoms with Gasteiger partial charge in [-0.25, -0.2) is 4.79 Å². The molecular weight excluding hydrogens is 216 g/mol. The number of hydrogen-bond donors (Lipinski definition) is 0. The van der Waals surface area contributed by atoms with E-state index in [1.54, 1.807) is 24.3 Å². The number of Topliss-reactive ketones (excluding diaryl/α,β-unsaturated/α-hetero) is 1. The molecule has 0 aromatic heterocycles. The smallest absolute Gasteiger partial charge is 0.338 e. The van der Waals surface area contributed by atoms with Gasteiger partial charge < -0.3 is 4.74 Å². The van der Waals surface area contributed by atoms with Crippen molar-refractivity contribution in [1.29, 1.82) is 0 Å². The number of ketones is 1. The Bertz CT molecular complexity index is 396. The van der Waals surface area contributed by atoms with E-state index in [4.69, 9.17) is 4.74 Å². The lowest BCUT2D eigenvalue weighted by Crippen LogP contribution is -2.11. The third kappa shape index (κ3) is 4.02. The Morgan fingerprint density at radius 2 is 1.76 bits per heavy atom. The molecule has 0 fully saturated rings. The minimum Gasteiger partial charge on any atom is -0.462 e. The van der Waals surface area contributed by atoms with Crippen molar-refractivity contribution in [1.82, 2.24) is 0 Å². The van der Waals surface area contributed by atoms with Crippen molar-refractivity contribution in [2.24, 2.45) is 0 Å². The third-order valence-corrected chi connectivity index (χ3v) is 2.51. The van der Waals surface area contributed by atoms with Crippen LogP contribution in [0.25, 0.3) is 0 Å². The summed E-state index contributed by atoms with van der Waals surface area (Å²) in [6, 6.07) is 6.74. The summed E-state index contributed by atoms with van der Waals surface area (Å²) < 4.78 is 5.13. The van der Waals surface area contributed by atoms with Gasteiger partial charge in [-0.05, 0) is 19.4 Å². The molecule has 0 heterocycles. The number of unbranched alkanes of at least 4 members (excludes halogenated alkanes) is 2. The van der Waals surface area contributed by atoms with Crippen LogP contribution in [-0.4, -0.2) is 18.4 Å². The number of carbonyl (C=O) groups excluding carboxylic acids is 2. The van der Waals surface area contributed by atoms with Gasteiger partial charge in [-0.1, -0.05) is 38.0 Å². The summed E-state index contributed by atoms with van der Waals surface area (Å²) in [6.07, 6.45) is 2.99. The Kier molecular flexibility index (Phi) is 5.40. The van der Waals surface area contributed by atoms with Crippen LogP contribution in [0.2, 0.25) is 0 Å². The Hall–Kier alpha value is -1.64.